The van der Waals surface area contributed by atoms with Crippen LogP contribution in [-0.4, -0.2) is 37.2 Å². The van der Waals surface area contributed by atoms with Crippen LogP contribution in [0.2, 0.25) is 0 Å². The van der Waals surface area contributed by atoms with Crippen LogP contribution in [0.3, 0.4) is 0 Å². The normalized spacial score (nSPS) is 13.3. The summed E-state index contributed by atoms with van der Waals surface area (Å²) < 4.78 is 16.8. The lowest BCUT2D eigenvalue weighted by molar-refractivity contribution is -0.166. The molecule has 0 heterocycles. The first kappa shape index (κ1) is 75.8. The summed E-state index contributed by atoms with van der Waals surface area (Å²) in [7, 11) is 0. The SMILES string of the molecule is CC/C=C\C/C=C\C/C=C\C/C=C\C/C=C\C/C=C\C/C=C\C/C=C\CCCCCCCCC(=O)OCC(COC(=O)C/C=C\C/C=C\C/C=C\C/C=C\C/C=C\CC)OC(=O)CCCCCCCCC/C=C\CCCCCCCC. The Morgan fingerprint density at radius 1 is 0.272 bits per heavy atom. The van der Waals surface area contributed by atoms with Gasteiger partial charge in [-0.05, 0) is 135 Å². The van der Waals surface area contributed by atoms with Gasteiger partial charge in [-0.1, -0.05) is 281 Å². The van der Waals surface area contributed by atoms with Crippen molar-refractivity contribution in [1.82, 2.24) is 0 Å². The molecule has 1 atom stereocenters. The van der Waals surface area contributed by atoms with E-state index in [1.165, 1.54) is 89.9 Å². The van der Waals surface area contributed by atoms with Gasteiger partial charge in [0.25, 0.3) is 0 Å². The third-order valence-electron chi connectivity index (χ3n) is 13.2. The van der Waals surface area contributed by atoms with Crippen molar-refractivity contribution >= 4 is 17.9 Å². The van der Waals surface area contributed by atoms with E-state index >= 15 is 0 Å². The monoisotopic (exact) mass is 1110 g/mol. The second-order valence-electron chi connectivity index (χ2n) is 20.9. The maximum Gasteiger partial charge on any atom is 0.309 e. The van der Waals surface area contributed by atoms with E-state index < -0.39 is 12.1 Å². The molecule has 1 unspecified atom stereocenters. The Morgan fingerprint density at radius 3 is 0.877 bits per heavy atom. The fourth-order valence-electron chi connectivity index (χ4n) is 8.41. The lowest BCUT2D eigenvalue weighted by Crippen LogP contribution is -2.30. The summed E-state index contributed by atoms with van der Waals surface area (Å²) in [5, 5.41) is 0. The predicted octanol–water partition coefficient (Wildman–Crippen LogP) is 22.7. The van der Waals surface area contributed by atoms with Crippen molar-refractivity contribution in [3.8, 4) is 0 Å². The number of hydrogen-bond donors (Lipinski definition) is 0. The Bertz CT molecular complexity index is 1860. The number of carbonyl (C=O) groups excluding carboxylic acids is 3. The number of allylic oxidation sites excluding steroid dienone is 27. The van der Waals surface area contributed by atoms with Gasteiger partial charge in [-0.25, -0.2) is 0 Å². The average Bonchev–Trinajstić information content (AvgIpc) is 3.47. The third kappa shape index (κ3) is 65.5. The minimum Gasteiger partial charge on any atom is -0.462 e. The Morgan fingerprint density at radius 2 is 0.531 bits per heavy atom. The highest BCUT2D eigenvalue weighted by molar-refractivity contribution is 5.72. The van der Waals surface area contributed by atoms with Crippen molar-refractivity contribution in [3.05, 3.63) is 170 Å². The molecule has 0 N–H and O–H groups in total. The van der Waals surface area contributed by atoms with Crippen LogP contribution < -0.4 is 0 Å². The van der Waals surface area contributed by atoms with E-state index in [2.05, 4.69) is 179 Å². The molecule has 454 valence electrons. The van der Waals surface area contributed by atoms with Crippen molar-refractivity contribution in [2.45, 2.75) is 271 Å². The van der Waals surface area contributed by atoms with Crippen LogP contribution in [0.4, 0.5) is 0 Å². The van der Waals surface area contributed by atoms with Crippen molar-refractivity contribution < 1.29 is 28.6 Å². The number of esters is 3. The summed E-state index contributed by atoms with van der Waals surface area (Å²) in [6.07, 6.45) is 99.6. The summed E-state index contributed by atoms with van der Waals surface area (Å²) in [6, 6.07) is 0. The molecule has 6 nitrogen and oxygen atoms in total. The molecule has 6 heteroatoms. The van der Waals surface area contributed by atoms with Crippen LogP contribution >= 0.6 is 0 Å². The average molecular weight is 1120 g/mol. The van der Waals surface area contributed by atoms with Crippen molar-refractivity contribution in [2.24, 2.45) is 0 Å². The topological polar surface area (TPSA) is 78.9 Å². The lowest BCUT2D eigenvalue weighted by Gasteiger charge is -2.18. The summed E-state index contributed by atoms with van der Waals surface area (Å²) in [5.74, 6) is -1.08. The second kappa shape index (κ2) is 67.3. The second-order valence-corrected chi connectivity index (χ2v) is 20.9. The van der Waals surface area contributed by atoms with Crippen LogP contribution in [0.15, 0.2) is 170 Å². The Labute approximate surface area is 498 Å². The van der Waals surface area contributed by atoms with Gasteiger partial charge in [0.05, 0.1) is 6.42 Å². The number of unbranched alkanes of at least 4 members (excludes halogenated alkanes) is 19. The van der Waals surface area contributed by atoms with E-state index in [0.29, 0.717) is 12.8 Å². The van der Waals surface area contributed by atoms with Crippen LogP contribution in [0, 0.1) is 0 Å². The maximum absolute atomic E-state index is 12.9. The molecule has 0 aromatic rings. The molecule has 0 fully saturated rings. The van der Waals surface area contributed by atoms with Gasteiger partial charge >= 0.3 is 17.9 Å². The number of ether oxygens (including phenoxy) is 3. The summed E-state index contributed by atoms with van der Waals surface area (Å²) in [5.41, 5.74) is 0. The molecule has 0 spiro atoms. The molecular weight excluding hydrogens is 997 g/mol. The largest absolute Gasteiger partial charge is 0.462 e. The quantitative estimate of drug-likeness (QED) is 0.0261. The standard InChI is InChI=1S/C75H118O6/c1-4-7-10-13-16-19-22-25-28-30-31-32-33-34-35-36-37-38-39-40-41-42-43-45-47-50-53-56-59-62-65-68-74(77)80-71-72(70-79-73(76)67-64-61-58-55-52-49-46-27-24-21-18-15-12-9-6-3)81-75(78)69-66-63-60-57-54-51-48-44-29-26-23-20-17-14-11-8-5-2/h7,9-10,12,16,18-19,21,25-29,31-32,34-35,37-38,40-41,43,45-46,52,55,61,64,72H,4-6,8,11,13-15,17,20,22-24,30,33,36,39,42,44,47-51,53-54,56-60,62-63,65-71H2,1-3H3/b10-7-,12-9-,19-16-,21-18-,28-25-,29-26-,32-31-,35-34-,38-37-,41-40-,45-43-,46-27-,55-52-,64-61-. The van der Waals surface area contributed by atoms with E-state index in [-0.39, 0.29) is 31.6 Å². The molecule has 0 aliphatic carbocycles. The molecule has 0 saturated carbocycles. The molecule has 0 aromatic carbocycles. The minimum absolute atomic E-state index is 0.116. The Balaban J connectivity index is 4.44. The zero-order chi connectivity index (χ0) is 58.5. The zero-order valence-corrected chi connectivity index (χ0v) is 52.0. The first-order valence-electron chi connectivity index (χ1n) is 32.6. The van der Waals surface area contributed by atoms with Gasteiger partial charge in [0.2, 0.25) is 0 Å². The molecule has 0 bridgehead atoms. The first-order valence-corrected chi connectivity index (χ1v) is 32.6. The van der Waals surface area contributed by atoms with Gasteiger partial charge in [0, 0.05) is 12.8 Å². The van der Waals surface area contributed by atoms with Crippen LogP contribution in [0.25, 0.3) is 0 Å². The number of carbonyl (C=O) groups is 3. The van der Waals surface area contributed by atoms with E-state index in [1.54, 1.807) is 6.08 Å². The van der Waals surface area contributed by atoms with Gasteiger partial charge in [-0.15, -0.1) is 0 Å². The maximum atomic E-state index is 12.9. The molecule has 0 saturated heterocycles. The van der Waals surface area contributed by atoms with Gasteiger partial charge in [0.1, 0.15) is 13.2 Å². The fraction of sp³-hybridized carbons (Fsp3) is 0.587. The Hall–Kier alpha value is -5.23. The zero-order valence-electron chi connectivity index (χ0n) is 52.0. The van der Waals surface area contributed by atoms with Crippen molar-refractivity contribution in [1.29, 1.82) is 0 Å². The smallest absolute Gasteiger partial charge is 0.309 e. The van der Waals surface area contributed by atoms with Gasteiger partial charge in [0.15, 0.2) is 6.10 Å². The molecule has 0 rings (SSSR count). The number of rotatable bonds is 57. The molecule has 0 aromatic heterocycles. The van der Waals surface area contributed by atoms with E-state index in [4.69, 9.17) is 14.2 Å². The van der Waals surface area contributed by atoms with Crippen molar-refractivity contribution in [3.63, 3.8) is 0 Å². The van der Waals surface area contributed by atoms with Crippen LogP contribution in [0.1, 0.15) is 265 Å². The van der Waals surface area contributed by atoms with Gasteiger partial charge in [-0.2, -0.15) is 0 Å². The van der Waals surface area contributed by atoms with E-state index in [9.17, 15) is 14.4 Å². The highest BCUT2D eigenvalue weighted by Crippen LogP contribution is 2.14. The number of hydrogen-bond acceptors (Lipinski definition) is 6. The van der Waals surface area contributed by atoms with E-state index in [1.807, 2.05) is 6.08 Å². The molecule has 81 heavy (non-hydrogen) atoms. The summed E-state index contributed by atoms with van der Waals surface area (Å²) in [4.78, 5) is 38.3. The minimum atomic E-state index is -0.836. The summed E-state index contributed by atoms with van der Waals surface area (Å²) in [6.45, 7) is 6.30. The van der Waals surface area contributed by atoms with Gasteiger partial charge < -0.3 is 14.2 Å². The molecule has 0 amide bonds. The van der Waals surface area contributed by atoms with E-state index in [0.717, 1.165) is 135 Å². The lowest BCUT2D eigenvalue weighted by atomic mass is 10.1. The molecule has 0 aliphatic heterocycles. The van der Waals surface area contributed by atoms with Crippen LogP contribution in [-0.2, 0) is 28.6 Å². The predicted molar refractivity (Wildman–Crippen MR) is 352 cm³/mol. The van der Waals surface area contributed by atoms with Crippen LogP contribution in [0.5, 0.6) is 0 Å². The first-order chi connectivity index (χ1) is 40.0. The van der Waals surface area contributed by atoms with Gasteiger partial charge in [-0.3, -0.25) is 14.4 Å². The highest BCUT2D eigenvalue weighted by Gasteiger charge is 2.19. The highest BCUT2D eigenvalue weighted by atomic mass is 16.6. The van der Waals surface area contributed by atoms with Crippen molar-refractivity contribution in [2.75, 3.05) is 13.2 Å². The summed E-state index contributed by atoms with van der Waals surface area (Å²) >= 11 is 0. The molecular formula is C75H118O6. The fourth-order valence-corrected chi connectivity index (χ4v) is 8.41. The third-order valence-corrected chi connectivity index (χ3v) is 13.2. The molecule has 0 aliphatic rings. The Kier molecular flexibility index (Phi) is 62.9. The molecule has 0 radical (unpaired) electrons.